The van der Waals surface area contributed by atoms with E-state index >= 15 is 0 Å². The van der Waals surface area contributed by atoms with Crippen LogP contribution in [0.5, 0.6) is 5.75 Å². The summed E-state index contributed by atoms with van der Waals surface area (Å²) >= 11 is 0. The lowest BCUT2D eigenvalue weighted by atomic mass is 9.76. The predicted molar refractivity (Wildman–Crippen MR) is 67.1 cm³/mol. The van der Waals surface area contributed by atoms with Crippen molar-refractivity contribution in [3.05, 3.63) is 23.8 Å². The zero-order chi connectivity index (χ0) is 15.0. The lowest BCUT2D eigenvalue weighted by Crippen LogP contribution is -2.53. The van der Waals surface area contributed by atoms with Crippen molar-refractivity contribution in [1.82, 2.24) is 0 Å². The van der Waals surface area contributed by atoms with Crippen molar-refractivity contribution >= 4 is 12.6 Å². The summed E-state index contributed by atoms with van der Waals surface area (Å²) in [7, 11) is -1.61. The fraction of sp³-hybridized carbons (Fsp3) is 0.500. The molecule has 0 heterocycles. The van der Waals surface area contributed by atoms with Gasteiger partial charge in [-0.1, -0.05) is 0 Å². The summed E-state index contributed by atoms with van der Waals surface area (Å²) in [4.78, 5) is 0. The first-order chi connectivity index (χ1) is 8.45. The van der Waals surface area contributed by atoms with E-state index in [1.807, 2.05) is 0 Å². The molecule has 0 aliphatic rings. The molecule has 19 heavy (non-hydrogen) atoms. The summed E-state index contributed by atoms with van der Waals surface area (Å²) in [5.41, 5.74) is -2.56. The second-order valence-electron chi connectivity index (χ2n) is 5.38. The van der Waals surface area contributed by atoms with Crippen LogP contribution in [0.1, 0.15) is 27.7 Å². The van der Waals surface area contributed by atoms with Gasteiger partial charge in [-0.25, -0.2) is 4.39 Å². The van der Waals surface area contributed by atoms with Crippen LogP contribution in [-0.2, 0) is 4.65 Å². The zero-order valence-electron chi connectivity index (χ0n) is 11.2. The first kappa shape index (κ1) is 15.9. The summed E-state index contributed by atoms with van der Waals surface area (Å²) in [6, 6.07) is 1.59. The Morgan fingerprint density at radius 3 is 2.11 bits per heavy atom. The minimum absolute atomic E-state index is 0.145. The van der Waals surface area contributed by atoms with Gasteiger partial charge in [-0.15, -0.1) is 0 Å². The van der Waals surface area contributed by atoms with Crippen molar-refractivity contribution in [3.63, 3.8) is 0 Å². The quantitative estimate of drug-likeness (QED) is 0.714. The van der Waals surface area contributed by atoms with Gasteiger partial charge in [0.15, 0.2) is 17.4 Å². The standard InChI is InChI=1S/C12H17BF2O4/c1-11(2,17)12(3,4)19-13(18)7-5-8(14)10(15)9(16)6-7/h5-6,16-18H,1-4H3. The molecule has 7 heteroatoms. The molecule has 1 aromatic rings. The van der Waals surface area contributed by atoms with E-state index in [1.165, 1.54) is 27.7 Å². The van der Waals surface area contributed by atoms with Crippen molar-refractivity contribution < 1.29 is 28.7 Å². The molecular weight excluding hydrogens is 257 g/mol. The third-order valence-corrected chi connectivity index (χ3v) is 3.20. The van der Waals surface area contributed by atoms with Gasteiger partial charge in [-0.3, -0.25) is 0 Å². The summed E-state index contributed by atoms with van der Waals surface area (Å²) in [6.07, 6.45) is 0. The maximum atomic E-state index is 13.1. The van der Waals surface area contributed by atoms with Gasteiger partial charge in [0, 0.05) is 0 Å². The Kier molecular flexibility index (Phi) is 4.24. The highest BCUT2D eigenvalue weighted by molar-refractivity contribution is 6.60. The second kappa shape index (κ2) is 5.07. The van der Waals surface area contributed by atoms with Crippen LogP contribution < -0.4 is 5.46 Å². The van der Waals surface area contributed by atoms with E-state index in [9.17, 15) is 18.9 Å². The number of aromatic hydroxyl groups is 1. The molecular formula is C12H17BF2O4. The first-order valence-electron chi connectivity index (χ1n) is 5.72. The van der Waals surface area contributed by atoms with Gasteiger partial charge in [-0.2, -0.15) is 4.39 Å². The summed E-state index contributed by atoms with van der Waals surface area (Å²) in [5.74, 6) is -3.60. The van der Waals surface area contributed by atoms with Crippen molar-refractivity contribution in [2.75, 3.05) is 0 Å². The molecule has 0 unspecified atom stereocenters. The van der Waals surface area contributed by atoms with Gasteiger partial charge in [0.1, 0.15) is 0 Å². The summed E-state index contributed by atoms with van der Waals surface area (Å²) in [5, 5.41) is 28.9. The van der Waals surface area contributed by atoms with Gasteiger partial charge in [0.05, 0.1) is 11.2 Å². The van der Waals surface area contributed by atoms with Crippen molar-refractivity contribution in [1.29, 1.82) is 0 Å². The van der Waals surface area contributed by atoms with E-state index in [0.29, 0.717) is 0 Å². The monoisotopic (exact) mass is 274 g/mol. The van der Waals surface area contributed by atoms with E-state index in [2.05, 4.69) is 0 Å². The van der Waals surface area contributed by atoms with Gasteiger partial charge in [0.2, 0.25) is 0 Å². The predicted octanol–water partition coefficient (Wildman–Crippen LogP) is 0.924. The number of phenolic OH excluding ortho intramolecular Hbond substituents is 1. The number of hydrogen-bond acceptors (Lipinski definition) is 4. The Morgan fingerprint density at radius 1 is 1.16 bits per heavy atom. The number of benzene rings is 1. The normalized spacial score (nSPS) is 12.6. The highest BCUT2D eigenvalue weighted by Gasteiger charge is 2.39. The lowest BCUT2D eigenvalue weighted by molar-refractivity contribution is -0.0982. The number of phenols is 1. The maximum Gasteiger partial charge on any atom is 0.491 e. The average molecular weight is 274 g/mol. The highest BCUT2D eigenvalue weighted by atomic mass is 19.2. The second-order valence-corrected chi connectivity index (χ2v) is 5.38. The maximum absolute atomic E-state index is 13.1. The molecule has 0 amide bonds. The molecule has 0 radical (unpaired) electrons. The molecule has 1 rings (SSSR count). The van der Waals surface area contributed by atoms with Crippen LogP contribution in [0.3, 0.4) is 0 Å². The molecule has 0 aliphatic heterocycles. The molecule has 0 bridgehead atoms. The number of halogens is 2. The van der Waals surface area contributed by atoms with Crippen LogP contribution in [0.2, 0.25) is 0 Å². The Bertz CT molecular complexity index is 448. The molecule has 3 N–H and O–H groups in total. The van der Waals surface area contributed by atoms with Gasteiger partial charge >= 0.3 is 7.12 Å². The van der Waals surface area contributed by atoms with Gasteiger partial charge in [-0.05, 0) is 45.3 Å². The Labute approximate surface area is 110 Å². The van der Waals surface area contributed by atoms with E-state index in [4.69, 9.17) is 9.76 Å². The molecule has 0 aliphatic carbocycles. The summed E-state index contributed by atoms with van der Waals surface area (Å²) in [6.45, 7) is 6.05. The molecule has 0 spiro atoms. The molecule has 0 fully saturated rings. The number of rotatable bonds is 4. The van der Waals surface area contributed by atoms with Crippen LogP contribution in [0.15, 0.2) is 12.1 Å². The number of hydrogen-bond donors (Lipinski definition) is 3. The first-order valence-corrected chi connectivity index (χ1v) is 5.72. The molecule has 1 aromatic carbocycles. The largest absolute Gasteiger partial charge is 0.505 e. The van der Waals surface area contributed by atoms with E-state index in [1.54, 1.807) is 0 Å². The Balaban J connectivity index is 3.00. The SMILES string of the molecule is CC(C)(O)C(C)(C)OB(O)c1cc(O)c(F)c(F)c1. The third-order valence-electron chi connectivity index (χ3n) is 3.20. The topological polar surface area (TPSA) is 69.9 Å². The average Bonchev–Trinajstić information content (AvgIpc) is 2.22. The third kappa shape index (κ3) is 3.43. The molecule has 0 saturated heterocycles. The van der Waals surface area contributed by atoms with Crippen molar-refractivity contribution in [3.8, 4) is 5.75 Å². The van der Waals surface area contributed by atoms with E-state index < -0.39 is 35.7 Å². The minimum atomic E-state index is -1.61. The fourth-order valence-corrected chi connectivity index (χ4v) is 1.23. The molecule has 0 atom stereocenters. The van der Waals surface area contributed by atoms with Crippen molar-refractivity contribution in [2.45, 2.75) is 38.9 Å². The van der Waals surface area contributed by atoms with Gasteiger partial charge < -0.3 is 19.9 Å². The zero-order valence-corrected chi connectivity index (χ0v) is 11.2. The molecule has 106 valence electrons. The van der Waals surface area contributed by atoms with Gasteiger partial charge in [0.25, 0.3) is 0 Å². The lowest BCUT2D eigenvalue weighted by Gasteiger charge is -2.38. The number of aliphatic hydroxyl groups is 1. The van der Waals surface area contributed by atoms with Crippen molar-refractivity contribution in [2.24, 2.45) is 0 Å². The van der Waals surface area contributed by atoms with Crippen LogP contribution in [0, 0.1) is 11.6 Å². The van der Waals surface area contributed by atoms with Crippen LogP contribution in [-0.4, -0.2) is 33.6 Å². The summed E-state index contributed by atoms with van der Waals surface area (Å²) < 4.78 is 31.3. The highest BCUT2D eigenvalue weighted by Crippen LogP contribution is 2.25. The molecule has 0 saturated carbocycles. The molecule has 0 aromatic heterocycles. The van der Waals surface area contributed by atoms with Crippen LogP contribution in [0.25, 0.3) is 0 Å². The molecule has 4 nitrogen and oxygen atoms in total. The smallest absolute Gasteiger partial charge is 0.491 e. The van der Waals surface area contributed by atoms with E-state index in [0.717, 1.165) is 12.1 Å². The Hall–Kier alpha value is -1.18. The van der Waals surface area contributed by atoms with Crippen LogP contribution in [0.4, 0.5) is 8.78 Å². The van der Waals surface area contributed by atoms with Crippen LogP contribution >= 0.6 is 0 Å². The minimum Gasteiger partial charge on any atom is -0.505 e. The Morgan fingerprint density at radius 2 is 1.68 bits per heavy atom. The fourth-order valence-electron chi connectivity index (χ4n) is 1.23. The van der Waals surface area contributed by atoms with E-state index in [-0.39, 0.29) is 5.46 Å².